The molecule has 3 rings (SSSR count). The summed E-state index contributed by atoms with van der Waals surface area (Å²) in [6, 6.07) is 13.9. The standard InChI is InChI=1S/C22H25ClFNO3/c1-22(25-21(26)10-11-27-2)13-19(15-6-8-18(24)9-7-15)28-20(14-22)16-4-3-5-17(23)12-16/h3-9,12,19-20H,10-11,13-14H2,1-2H3,(H,25,26)/t19-,20+,22-/m0/s1. The minimum atomic E-state index is -0.477. The van der Waals surface area contributed by atoms with E-state index in [2.05, 4.69) is 5.32 Å². The monoisotopic (exact) mass is 405 g/mol. The van der Waals surface area contributed by atoms with Crippen molar-refractivity contribution in [3.05, 3.63) is 70.5 Å². The second-order valence-corrected chi connectivity index (χ2v) is 7.92. The maximum absolute atomic E-state index is 13.4. The highest BCUT2D eigenvalue weighted by Gasteiger charge is 2.40. The molecule has 1 aliphatic rings. The number of carbonyl (C=O) groups excluding carboxylic acids is 1. The molecule has 150 valence electrons. The summed E-state index contributed by atoms with van der Waals surface area (Å²) in [4.78, 5) is 12.4. The van der Waals surface area contributed by atoms with Gasteiger partial charge in [-0.05, 0) is 42.3 Å². The van der Waals surface area contributed by atoms with Crippen LogP contribution in [0.2, 0.25) is 5.02 Å². The van der Waals surface area contributed by atoms with Gasteiger partial charge in [0.1, 0.15) is 5.82 Å². The lowest BCUT2D eigenvalue weighted by Crippen LogP contribution is -2.51. The van der Waals surface area contributed by atoms with Gasteiger partial charge in [-0.2, -0.15) is 0 Å². The van der Waals surface area contributed by atoms with Gasteiger partial charge < -0.3 is 14.8 Å². The van der Waals surface area contributed by atoms with Crippen LogP contribution >= 0.6 is 11.6 Å². The van der Waals surface area contributed by atoms with Crippen molar-refractivity contribution in [3.63, 3.8) is 0 Å². The summed E-state index contributed by atoms with van der Waals surface area (Å²) in [5, 5.41) is 3.78. The van der Waals surface area contributed by atoms with E-state index >= 15 is 0 Å². The molecule has 2 aromatic carbocycles. The lowest BCUT2D eigenvalue weighted by molar-refractivity contribution is -0.129. The number of carbonyl (C=O) groups is 1. The molecule has 0 bridgehead atoms. The average molecular weight is 406 g/mol. The first-order valence-electron chi connectivity index (χ1n) is 9.35. The zero-order valence-electron chi connectivity index (χ0n) is 16.1. The van der Waals surface area contributed by atoms with Crippen molar-refractivity contribution in [1.29, 1.82) is 0 Å². The third-order valence-electron chi connectivity index (χ3n) is 5.04. The Kier molecular flexibility index (Phi) is 6.70. The Morgan fingerprint density at radius 1 is 1.21 bits per heavy atom. The molecular weight excluding hydrogens is 381 g/mol. The molecule has 2 aromatic rings. The molecule has 0 radical (unpaired) electrons. The zero-order chi connectivity index (χ0) is 20.1. The second-order valence-electron chi connectivity index (χ2n) is 7.48. The summed E-state index contributed by atoms with van der Waals surface area (Å²) in [5.74, 6) is -0.351. The number of hydrogen-bond acceptors (Lipinski definition) is 3. The van der Waals surface area contributed by atoms with E-state index in [1.807, 2.05) is 31.2 Å². The molecule has 1 aliphatic heterocycles. The summed E-state index contributed by atoms with van der Waals surface area (Å²) in [6.45, 7) is 2.39. The molecule has 1 fully saturated rings. The van der Waals surface area contributed by atoms with Crippen LogP contribution in [0.3, 0.4) is 0 Å². The molecule has 1 saturated heterocycles. The fourth-order valence-corrected chi connectivity index (χ4v) is 3.87. The van der Waals surface area contributed by atoms with Crippen LogP contribution in [0.5, 0.6) is 0 Å². The van der Waals surface area contributed by atoms with E-state index in [1.54, 1.807) is 19.2 Å². The number of ether oxygens (including phenoxy) is 2. The number of nitrogens with one attached hydrogen (secondary N) is 1. The molecule has 1 N–H and O–H groups in total. The SMILES string of the molecule is COCCC(=O)N[C@@]1(C)C[C@@H](c2ccc(F)cc2)O[C@@H](c2cccc(Cl)c2)C1. The smallest absolute Gasteiger partial charge is 0.222 e. The maximum Gasteiger partial charge on any atom is 0.222 e. The minimum absolute atomic E-state index is 0.0612. The van der Waals surface area contributed by atoms with Gasteiger partial charge in [-0.15, -0.1) is 0 Å². The Hall–Kier alpha value is -1.95. The van der Waals surface area contributed by atoms with Crippen LogP contribution in [0.4, 0.5) is 4.39 Å². The van der Waals surface area contributed by atoms with E-state index in [0.717, 1.165) is 11.1 Å². The van der Waals surface area contributed by atoms with Gasteiger partial charge in [-0.3, -0.25) is 4.79 Å². The van der Waals surface area contributed by atoms with Gasteiger partial charge in [-0.25, -0.2) is 4.39 Å². The van der Waals surface area contributed by atoms with Crippen LogP contribution in [-0.2, 0) is 14.3 Å². The van der Waals surface area contributed by atoms with E-state index in [4.69, 9.17) is 21.1 Å². The third-order valence-corrected chi connectivity index (χ3v) is 5.27. The average Bonchev–Trinajstić information content (AvgIpc) is 2.66. The summed E-state index contributed by atoms with van der Waals surface area (Å²) in [7, 11) is 1.57. The maximum atomic E-state index is 13.4. The number of benzene rings is 2. The molecule has 3 atom stereocenters. The minimum Gasteiger partial charge on any atom is -0.384 e. The Morgan fingerprint density at radius 3 is 2.54 bits per heavy atom. The van der Waals surface area contributed by atoms with Gasteiger partial charge >= 0.3 is 0 Å². The fraction of sp³-hybridized carbons (Fsp3) is 0.409. The van der Waals surface area contributed by atoms with E-state index in [0.29, 0.717) is 30.9 Å². The highest BCUT2D eigenvalue weighted by molar-refractivity contribution is 6.30. The lowest BCUT2D eigenvalue weighted by Gasteiger charge is -2.43. The first kappa shape index (κ1) is 20.8. The van der Waals surface area contributed by atoms with Crippen LogP contribution in [0.1, 0.15) is 49.5 Å². The Balaban J connectivity index is 1.86. The predicted molar refractivity (Wildman–Crippen MR) is 107 cm³/mol. The van der Waals surface area contributed by atoms with E-state index in [1.165, 1.54) is 12.1 Å². The summed E-state index contributed by atoms with van der Waals surface area (Å²) in [5.41, 5.74) is 1.36. The molecule has 0 spiro atoms. The van der Waals surface area contributed by atoms with Crippen molar-refractivity contribution in [1.82, 2.24) is 5.32 Å². The lowest BCUT2D eigenvalue weighted by atomic mass is 9.81. The molecule has 0 saturated carbocycles. The van der Waals surface area contributed by atoms with E-state index in [9.17, 15) is 9.18 Å². The van der Waals surface area contributed by atoms with Gasteiger partial charge in [0.25, 0.3) is 0 Å². The summed E-state index contributed by atoms with van der Waals surface area (Å²) in [6.07, 6.45) is 0.995. The summed E-state index contributed by atoms with van der Waals surface area (Å²) >= 11 is 6.17. The van der Waals surface area contributed by atoms with Gasteiger partial charge in [0, 0.05) is 36.9 Å². The van der Waals surface area contributed by atoms with Gasteiger partial charge in [0.05, 0.1) is 18.8 Å². The van der Waals surface area contributed by atoms with Crippen molar-refractivity contribution < 1.29 is 18.7 Å². The number of rotatable bonds is 6. The van der Waals surface area contributed by atoms with Gasteiger partial charge in [0.2, 0.25) is 5.91 Å². The highest BCUT2D eigenvalue weighted by Crippen LogP contribution is 2.44. The molecule has 0 aromatic heterocycles. The van der Waals surface area contributed by atoms with Crippen LogP contribution < -0.4 is 5.32 Å². The Bertz CT molecular complexity index is 814. The Labute approximate surface area is 170 Å². The number of amides is 1. The topological polar surface area (TPSA) is 47.6 Å². The van der Waals surface area contributed by atoms with E-state index in [-0.39, 0.29) is 23.9 Å². The van der Waals surface area contributed by atoms with Crippen LogP contribution in [0.25, 0.3) is 0 Å². The molecule has 1 amide bonds. The molecular formula is C22H25ClFNO3. The Morgan fingerprint density at radius 2 is 1.89 bits per heavy atom. The largest absolute Gasteiger partial charge is 0.384 e. The van der Waals surface area contributed by atoms with Gasteiger partial charge in [-0.1, -0.05) is 35.9 Å². The number of methoxy groups -OCH3 is 1. The van der Waals surface area contributed by atoms with Crippen molar-refractivity contribution in [2.45, 2.75) is 43.9 Å². The highest BCUT2D eigenvalue weighted by atomic mass is 35.5. The van der Waals surface area contributed by atoms with Crippen molar-refractivity contribution in [2.24, 2.45) is 0 Å². The molecule has 28 heavy (non-hydrogen) atoms. The number of hydrogen-bond donors (Lipinski definition) is 1. The predicted octanol–water partition coefficient (Wildman–Crippen LogP) is 4.98. The zero-order valence-corrected chi connectivity index (χ0v) is 16.8. The van der Waals surface area contributed by atoms with Crippen LogP contribution in [0.15, 0.2) is 48.5 Å². The quantitative estimate of drug-likeness (QED) is 0.737. The van der Waals surface area contributed by atoms with Crippen LogP contribution in [0, 0.1) is 5.82 Å². The third kappa shape index (κ3) is 5.31. The molecule has 6 heteroatoms. The van der Waals surface area contributed by atoms with Crippen LogP contribution in [-0.4, -0.2) is 25.2 Å². The van der Waals surface area contributed by atoms with Crippen molar-refractivity contribution >= 4 is 17.5 Å². The summed E-state index contributed by atoms with van der Waals surface area (Å²) < 4.78 is 24.7. The molecule has 0 unspecified atom stereocenters. The van der Waals surface area contributed by atoms with Crippen molar-refractivity contribution in [2.75, 3.05) is 13.7 Å². The second kappa shape index (κ2) is 9.03. The van der Waals surface area contributed by atoms with E-state index < -0.39 is 5.54 Å². The van der Waals surface area contributed by atoms with Gasteiger partial charge in [0.15, 0.2) is 0 Å². The number of halogens is 2. The molecule has 4 nitrogen and oxygen atoms in total. The first-order valence-corrected chi connectivity index (χ1v) is 9.73. The first-order chi connectivity index (χ1) is 13.4. The molecule has 1 heterocycles. The molecule has 0 aliphatic carbocycles. The fourth-order valence-electron chi connectivity index (χ4n) is 3.67. The normalized spacial score (nSPS) is 24.7. The van der Waals surface area contributed by atoms with Crippen molar-refractivity contribution in [3.8, 4) is 0 Å².